The molecule has 1 saturated heterocycles. The molecule has 1 fully saturated rings. The van der Waals surface area contributed by atoms with E-state index in [0.717, 1.165) is 36.2 Å². The lowest BCUT2D eigenvalue weighted by Crippen LogP contribution is -2.45. The maximum atomic E-state index is 13.3. The van der Waals surface area contributed by atoms with Gasteiger partial charge in [-0.05, 0) is 38.8 Å². The number of hydrogen-bond acceptors (Lipinski definition) is 4. The summed E-state index contributed by atoms with van der Waals surface area (Å²) in [5.74, 6) is -1.07. The molecule has 0 aliphatic carbocycles. The Bertz CT molecular complexity index is 756. The molecule has 2 heterocycles. The first kappa shape index (κ1) is 17.4. The van der Waals surface area contributed by atoms with E-state index >= 15 is 0 Å². The molecule has 0 spiro atoms. The van der Waals surface area contributed by atoms with Gasteiger partial charge in [0.25, 0.3) is 0 Å². The summed E-state index contributed by atoms with van der Waals surface area (Å²) in [6.07, 6.45) is 1.99. The standard InChI is InChI=1S/C18H21F2N3O2/c1-11-15(12(2)25-22-11)9-18(24)23-7-3-4-14(10-23)21-13-5-6-16(19)17(20)8-13/h5-6,8,14,21H,3-4,7,9-10H2,1-2H3/t14-/m0/s1. The first-order valence-corrected chi connectivity index (χ1v) is 8.35. The molecule has 0 radical (unpaired) electrons. The van der Waals surface area contributed by atoms with Gasteiger partial charge in [-0.1, -0.05) is 5.16 Å². The van der Waals surface area contributed by atoms with Gasteiger partial charge in [-0.25, -0.2) is 8.78 Å². The number of likely N-dealkylation sites (tertiary alicyclic amines) is 1. The second kappa shape index (κ2) is 7.21. The molecule has 1 aliphatic rings. The van der Waals surface area contributed by atoms with E-state index in [-0.39, 0.29) is 18.4 Å². The Morgan fingerprint density at radius 3 is 2.84 bits per heavy atom. The fourth-order valence-electron chi connectivity index (χ4n) is 3.16. The lowest BCUT2D eigenvalue weighted by atomic mass is 10.0. The summed E-state index contributed by atoms with van der Waals surface area (Å²) in [6, 6.07) is 3.75. The van der Waals surface area contributed by atoms with Crippen molar-refractivity contribution >= 4 is 11.6 Å². The summed E-state index contributed by atoms with van der Waals surface area (Å²) in [5.41, 5.74) is 2.09. The highest BCUT2D eigenvalue weighted by atomic mass is 19.2. The van der Waals surface area contributed by atoms with Gasteiger partial charge in [0.05, 0.1) is 12.1 Å². The third-order valence-electron chi connectivity index (χ3n) is 4.57. The summed E-state index contributed by atoms with van der Waals surface area (Å²) in [7, 11) is 0. The van der Waals surface area contributed by atoms with Crippen LogP contribution in [0, 0.1) is 25.5 Å². The molecule has 3 rings (SSSR count). The molecular weight excluding hydrogens is 328 g/mol. The smallest absolute Gasteiger partial charge is 0.227 e. The minimum absolute atomic E-state index is 0.00669. The predicted octanol–water partition coefficient (Wildman–Crippen LogP) is 3.22. The molecule has 1 atom stereocenters. The van der Waals surface area contributed by atoms with Crippen LogP contribution in [0.3, 0.4) is 0 Å². The Balaban J connectivity index is 1.62. The maximum absolute atomic E-state index is 13.3. The SMILES string of the molecule is Cc1noc(C)c1CC(=O)N1CCC[C@H](Nc2ccc(F)c(F)c2)C1. The van der Waals surface area contributed by atoms with E-state index in [1.165, 1.54) is 6.07 Å². The van der Waals surface area contributed by atoms with Crippen molar-refractivity contribution in [3.05, 3.63) is 46.9 Å². The maximum Gasteiger partial charge on any atom is 0.227 e. The molecular formula is C18H21F2N3O2. The molecule has 5 nitrogen and oxygen atoms in total. The van der Waals surface area contributed by atoms with Crippen LogP contribution in [-0.4, -0.2) is 35.1 Å². The minimum Gasteiger partial charge on any atom is -0.380 e. The number of nitrogens with one attached hydrogen (secondary N) is 1. The van der Waals surface area contributed by atoms with Crippen molar-refractivity contribution in [1.82, 2.24) is 10.1 Å². The van der Waals surface area contributed by atoms with Crippen molar-refractivity contribution in [1.29, 1.82) is 0 Å². The zero-order chi connectivity index (χ0) is 18.0. The average molecular weight is 349 g/mol. The van der Waals surface area contributed by atoms with E-state index in [1.807, 2.05) is 6.92 Å². The molecule has 134 valence electrons. The Morgan fingerprint density at radius 1 is 1.36 bits per heavy atom. The van der Waals surface area contributed by atoms with E-state index in [2.05, 4.69) is 10.5 Å². The largest absolute Gasteiger partial charge is 0.380 e. The summed E-state index contributed by atoms with van der Waals surface area (Å²) in [4.78, 5) is 14.4. The number of rotatable bonds is 4. The molecule has 0 bridgehead atoms. The van der Waals surface area contributed by atoms with Crippen LogP contribution in [-0.2, 0) is 11.2 Å². The Morgan fingerprint density at radius 2 is 2.16 bits per heavy atom. The zero-order valence-corrected chi connectivity index (χ0v) is 14.3. The van der Waals surface area contributed by atoms with Gasteiger partial charge in [-0.3, -0.25) is 4.79 Å². The number of amides is 1. The van der Waals surface area contributed by atoms with Crippen LogP contribution >= 0.6 is 0 Å². The summed E-state index contributed by atoms with van der Waals surface area (Å²) >= 11 is 0. The Labute approximate surface area is 145 Å². The number of aromatic nitrogens is 1. The van der Waals surface area contributed by atoms with E-state index in [9.17, 15) is 13.6 Å². The molecule has 0 unspecified atom stereocenters. The lowest BCUT2D eigenvalue weighted by molar-refractivity contribution is -0.131. The number of nitrogens with zero attached hydrogens (tertiary/aromatic N) is 2. The van der Waals surface area contributed by atoms with E-state index in [1.54, 1.807) is 11.8 Å². The van der Waals surface area contributed by atoms with Crippen molar-refractivity contribution in [2.24, 2.45) is 0 Å². The average Bonchev–Trinajstić information content (AvgIpc) is 2.90. The van der Waals surface area contributed by atoms with Crippen molar-refractivity contribution in [2.75, 3.05) is 18.4 Å². The summed E-state index contributed by atoms with van der Waals surface area (Å²) < 4.78 is 31.5. The molecule has 1 N–H and O–H groups in total. The highest BCUT2D eigenvalue weighted by Crippen LogP contribution is 2.20. The number of piperidine rings is 1. The van der Waals surface area contributed by atoms with Gasteiger partial charge < -0.3 is 14.7 Å². The Kier molecular flexibility index (Phi) is 5.01. The number of hydrogen-bond donors (Lipinski definition) is 1. The summed E-state index contributed by atoms with van der Waals surface area (Å²) in [6.45, 7) is 4.84. The van der Waals surface area contributed by atoms with Crippen LogP contribution in [0.5, 0.6) is 0 Å². The van der Waals surface area contributed by atoms with Gasteiger partial charge in [-0.15, -0.1) is 0 Å². The molecule has 7 heteroatoms. The highest BCUT2D eigenvalue weighted by Gasteiger charge is 2.25. The molecule has 1 aliphatic heterocycles. The van der Waals surface area contributed by atoms with Crippen LogP contribution in [0.25, 0.3) is 0 Å². The van der Waals surface area contributed by atoms with Crippen molar-refractivity contribution in [2.45, 2.75) is 39.2 Å². The second-order valence-electron chi connectivity index (χ2n) is 6.43. The van der Waals surface area contributed by atoms with E-state index < -0.39 is 11.6 Å². The minimum atomic E-state index is -0.882. The number of carbonyl (C=O) groups excluding carboxylic acids is 1. The number of halogens is 2. The molecule has 1 aromatic heterocycles. The van der Waals surface area contributed by atoms with Crippen LogP contribution in [0.4, 0.5) is 14.5 Å². The molecule has 2 aromatic rings. The molecule has 1 aromatic carbocycles. The second-order valence-corrected chi connectivity index (χ2v) is 6.43. The Hall–Kier alpha value is -2.44. The number of aryl methyl sites for hydroxylation is 2. The van der Waals surface area contributed by atoms with Gasteiger partial charge >= 0.3 is 0 Å². The van der Waals surface area contributed by atoms with Crippen molar-refractivity contribution < 1.29 is 18.1 Å². The van der Waals surface area contributed by atoms with Gasteiger partial charge in [0.15, 0.2) is 11.6 Å². The van der Waals surface area contributed by atoms with Crippen molar-refractivity contribution in [3.8, 4) is 0 Å². The van der Waals surface area contributed by atoms with Crippen LogP contribution in [0.1, 0.15) is 29.9 Å². The van der Waals surface area contributed by atoms with Gasteiger partial charge in [0.2, 0.25) is 5.91 Å². The normalized spacial score (nSPS) is 17.6. The third-order valence-corrected chi connectivity index (χ3v) is 4.57. The van der Waals surface area contributed by atoms with Crippen LogP contribution in [0.15, 0.2) is 22.7 Å². The fourth-order valence-corrected chi connectivity index (χ4v) is 3.16. The highest BCUT2D eigenvalue weighted by molar-refractivity contribution is 5.79. The first-order valence-electron chi connectivity index (χ1n) is 8.35. The first-order chi connectivity index (χ1) is 11.9. The van der Waals surface area contributed by atoms with E-state index in [0.29, 0.717) is 24.5 Å². The molecule has 25 heavy (non-hydrogen) atoms. The topological polar surface area (TPSA) is 58.4 Å². The quantitative estimate of drug-likeness (QED) is 0.921. The zero-order valence-electron chi connectivity index (χ0n) is 14.3. The lowest BCUT2D eigenvalue weighted by Gasteiger charge is -2.33. The fraction of sp³-hybridized carbons (Fsp3) is 0.444. The summed E-state index contributed by atoms with van der Waals surface area (Å²) in [5, 5.41) is 7.06. The molecule has 0 saturated carbocycles. The number of benzene rings is 1. The van der Waals surface area contributed by atoms with Crippen molar-refractivity contribution in [3.63, 3.8) is 0 Å². The van der Waals surface area contributed by atoms with Crippen LogP contribution < -0.4 is 5.32 Å². The van der Waals surface area contributed by atoms with Gasteiger partial charge in [0, 0.05) is 36.4 Å². The predicted molar refractivity (Wildman–Crippen MR) is 89.3 cm³/mol. The number of anilines is 1. The van der Waals surface area contributed by atoms with Gasteiger partial charge in [0.1, 0.15) is 5.76 Å². The molecule has 1 amide bonds. The monoisotopic (exact) mass is 349 g/mol. The van der Waals surface area contributed by atoms with Gasteiger partial charge in [-0.2, -0.15) is 0 Å². The number of carbonyl (C=O) groups is 1. The third kappa shape index (κ3) is 3.97. The van der Waals surface area contributed by atoms with Crippen LogP contribution in [0.2, 0.25) is 0 Å². The van der Waals surface area contributed by atoms with E-state index in [4.69, 9.17) is 4.52 Å².